The van der Waals surface area contributed by atoms with Crippen molar-refractivity contribution in [2.75, 3.05) is 18.6 Å². The lowest BCUT2D eigenvalue weighted by atomic mass is 9.83. The Hall–Kier alpha value is -3.99. The third-order valence-electron chi connectivity index (χ3n) is 5.85. The zero-order valence-corrected chi connectivity index (χ0v) is 20.4. The quantitative estimate of drug-likeness (QED) is 0.209. The number of carbonyl (C=O) groups excluding carboxylic acids is 2. The Kier molecular flexibility index (Phi) is 6.44. The van der Waals surface area contributed by atoms with Gasteiger partial charge in [-0.1, -0.05) is 32.0 Å². The molecule has 0 atom stereocenters. The lowest BCUT2D eigenvalue weighted by Gasteiger charge is -2.23. The molecular weight excluding hydrogens is 470 g/mol. The molecule has 35 heavy (non-hydrogen) atoms. The number of esters is 1. The van der Waals surface area contributed by atoms with E-state index in [0.29, 0.717) is 10.1 Å². The van der Waals surface area contributed by atoms with Gasteiger partial charge in [-0.3, -0.25) is 14.9 Å². The van der Waals surface area contributed by atoms with Crippen LogP contribution in [0, 0.1) is 10.1 Å². The van der Waals surface area contributed by atoms with E-state index >= 15 is 0 Å². The summed E-state index contributed by atoms with van der Waals surface area (Å²) in [6.45, 7) is 3.58. The smallest absolute Gasteiger partial charge is 0.338 e. The van der Waals surface area contributed by atoms with Crippen LogP contribution < -0.4 is 4.90 Å². The third-order valence-corrected chi connectivity index (χ3v) is 6.96. The van der Waals surface area contributed by atoms with Crippen molar-refractivity contribution >= 4 is 34.9 Å². The number of nitro groups is 1. The number of aryl methyl sites for hydroxylation is 1. The number of likely N-dealkylation sites (N-methyl/N-ethyl adjacent to an activating group) is 1. The summed E-state index contributed by atoms with van der Waals surface area (Å²) in [5.74, 6) is -1.21. The maximum absolute atomic E-state index is 12.7. The minimum absolute atomic E-state index is 0.0230. The minimum Gasteiger partial charge on any atom is -0.454 e. The highest BCUT2D eigenvalue weighted by Gasteiger charge is 2.38. The predicted molar refractivity (Wildman–Crippen MR) is 129 cm³/mol. The van der Waals surface area contributed by atoms with E-state index in [4.69, 9.17) is 4.74 Å². The number of nitro benzene ring substituents is 1. The molecule has 0 radical (unpaired) electrons. The van der Waals surface area contributed by atoms with Gasteiger partial charge in [0.25, 0.3) is 5.69 Å². The fourth-order valence-corrected chi connectivity index (χ4v) is 4.86. The van der Waals surface area contributed by atoms with Crippen LogP contribution >= 0.6 is 11.8 Å². The summed E-state index contributed by atoms with van der Waals surface area (Å²) >= 11 is 1.06. The van der Waals surface area contributed by atoms with Crippen molar-refractivity contribution in [2.24, 2.45) is 7.05 Å². The highest BCUT2D eigenvalue weighted by Crippen LogP contribution is 2.46. The number of rotatable bonds is 7. The number of fused-ring (bicyclic) bond motifs is 1. The zero-order valence-electron chi connectivity index (χ0n) is 19.6. The van der Waals surface area contributed by atoms with Gasteiger partial charge in [0, 0.05) is 43.0 Å². The summed E-state index contributed by atoms with van der Waals surface area (Å²) in [6.07, 6.45) is 2.96. The highest BCUT2D eigenvalue weighted by atomic mass is 32.2. The van der Waals surface area contributed by atoms with Gasteiger partial charge in [0.2, 0.25) is 0 Å². The first-order valence-corrected chi connectivity index (χ1v) is 11.5. The summed E-state index contributed by atoms with van der Waals surface area (Å²) in [5, 5.41) is 19.7. The predicted octanol–water partition coefficient (Wildman–Crippen LogP) is 3.91. The molecule has 0 amide bonds. The molecule has 0 spiro atoms. The maximum atomic E-state index is 12.7. The monoisotopic (exact) mass is 493 g/mol. The van der Waals surface area contributed by atoms with Crippen LogP contribution in [0.25, 0.3) is 0 Å². The molecule has 1 aromatic heterocycles. The van der Waals surface area contributed by atoms with Crippen LogP contribution in [-0.4, -0.2) is 45.1 Å². The lowest BCUT2D eigenvalue weighted by Crippen LogP contribution is -2.25. The molecular formula is C24H23N5O5S. The Morgan fingerprint density at radius 3 is 2.60 bits per heavy atom. The normalized spacial score (nSPS) is 15.2. The number of benzene rings is 2. The van der Waals surface area contributed by atoms with Gasteiger partial charge in [-0.25, -0.2) is 4.79 Å². The molecule has 1 aliphatic heterocycles. The van der Waals surface area contributed by atoms with Crippen LogP contribution in [0.5, 0.6) is 0 Å². The van der Waals surface area contributed by atoms with E-state index in [2.05, 4.69) is 10.2 Å². The molecule has 4 rings (SSSR count). The Balaban J connectivity index is 1.47. The summed E-state index contributed by atoms with van der Waals surface area (Å²) in [5.41, 5.74) is 2.23. The summed E-state index contributed by atoms with van der Waals surface area (Å²) < 4.78 is 6.80. The second kappa shape index (κ2) is 9.34. The van der Waals surface area contributed by atoms with Crippen molar-refractivity contribution in [1.29, 1.82) is 0 Å². The molecule has 10 nitrogen and oxygen atoms in total. The van der Waals surface area contributed by atoms with E-state index in [1.807, 2.05) is 50.1 Å². The number of aromatic nitrogens is 3. The second-order valence-electron chi connectivity index (χ2n) is 8.54. The van der Waals surface area contributed by atoms with Crippen LogP contribution in [0.1, 0.15) is 29.8 Å². The summed E-state index contributed by atoms with van der Waals surface area (Å²) in [6, 6.07) is 11.9. The molecule has 0 aliphatic carbocycles. The Bertz CT molecular complexity index is 1360. The maximum Gasteiger partial charge on any atom is 0.338 e. The fourth-order valence-electron chi connectivity index (χ4n) is 4.01. The van der Waals surface area contributed by atoms with Gasteiger partial charge in [-0.05, 0) is 35.5 Å². The standard InChI is InChI=1S/C24H23N5O5S/c1-24(2)17-7-5-6-8-18(17)28(4)21(24)12-16(30)13-34-22(31)15-9-10-20(19(11-15)29(32)33)35-23-26-25-14-27(23)3/h5-12,14H,13H2,1-4H3/b21-12+. The molecule has 0 N–H and O–H groups in total. The molecule has 180 valence electrons. The van der Waals surface area contributed by atoms with Gasteiger partial charge in [-0.2, -0.15) is 0 Å². The van der Waals surface area contributed by atoms with Gasteiger partial charge in [0.15, 0.2) is 17.5 Å². The molecule has 11 heteroatoms. The molecule has 2 aromatic carbocycles. The third kappa shape index (κ3) is 4.67. The fraction of sp³-hybridized carbons (Fsp3) is 0.250. The number of carbonyl (C=O) groups is 2. The molecule has 0 saturated carbocycles. The van der Waals surface area contributed by atoms with Crippen molar-refractivity contribution in [3.63, 3.8) is 0 Å². The lowest BCUT2D eigenvalue weighted by molar-refractivity contribution is -0.387. The van der Waals surface area contributed by atoms with E-state index < -0.39 is 17.5 Å². The summed E-state index contributed by atoms with van der Waals surface area (Å²) in [4.78, 5) is 38.5. The van der Waals surface area contributed by atoms with Crippen LogP contribution in [0.15, 0.2) is 70.6 Å². The summed E-state index contributed by atoms with van der Waals surface area (Å²) in [7, 11) is 3.60. The largest absolute Gasteiger partial charge is 0.454 e. The van der Waals surface area contributed by atoms with Crippen LogP contribution in [0.4, 0.5) is 11.4 Å². The van der Waals surface area contributed by atoms with Gasteiger partial charge in [-0.15, -0.1) is 10.2 Å². The molecule has 0 saturated heterocycles. The van der Waals surface area contributed by atoms with Crippen molar-refractivity contribution < 1.29 is 19.2 Å². The number of ketones is 1. The first-order valence-electron chi connectivity index (χ1n) is 10.6. The van der Waals surface area contributed by atoms with Crippen molar-refractivity contribution in [1.82, 2.24) is 14.8 Å². The zero-order chi connectivity index (χ0) is 25.3. The number of nitrogens with zero attached hydrogens (tertiary/aromatic N) is 5. The van der Waals surface area contributed by atoms with Gasteiger partial charge in [0.05, 0.1) is 15.4 Å². The van der Waals surface area contributed by atoms with E-state index in [1.165, 1.54) is 24.5 Å². The van der Waals surface area contributed by atoms with Gasteiger partial charge >= 0.3 is 5.97 Å². The minimum atomic E-state index is -0.822. The number of hydrogen-bond acceptors (Lipinski definition) is 9. The Morgan fingerprint density at radius 2 is 1.94 bits per heavy atom. The van der Waals surface area contributed by atoms with Crippen molar-refractivity contribution in [3.05, 3.63) is 81.8 Å². The second-order valence-corrected chi connectivity index (χ2v) is 9.55. The van der Waals surface area contributed by atoms with Gasteiger partial charge < -0.3 is 14.2 Å². The van der Waals surface area contributed by atoms with Crippen molar-refractivity contribution in [3.8, 4) is 0 Å². The average Bonchev–Trinajstić information content (AvgIpc) is 3.31. The first-order chi connectivity index (χ1) is 16.6. The topological polar surface area (TPSA) is 120 Å². The van der Waals surface area contributed by atoms with E-state index in [9.17, 15) is 19.7 Å². The number of para-hydroxylation sites is 1. The van der Waals surface area contributed by atoms with Crippen LogP contribution in [0.3, 0.4) is 0 Å². The molecule has 0 bridgehead atoms. The Labute approximate surface area is 205 Å². The van der Waals surface area contributed by atoms with E-state index in [1.54, 1.807) is 11.6 Å². The van der Waals surface area contributed by atoms with Gasteiger partial charge in [0.1, 0.15) is 6.33 Å². The average molecular weight is 494 g/mol. The molecule has 2 heterocycles. The SMILES string of the molecule is CN1/C(=C/C(=O)COC(=O)c2ccc(Sc3nncn3C)c([N+](=O)[O-])c2)C(C)(C)c2ccccc21. The van der Waals surface area contributed by atoms with E-state index in [-0.39, 0.29) is 22.4 Å². The van der Waals surface area contributed by atoms with E-state index in [0.717, 1.165) is 34.8 Å². The number of hydrogen-bond donors (Lipinski definition) is 0. The highest BCUT2D eigenvalue weighted by molar-refractivity contribution is 7.99. The Morgan fingerprint density at radius 1 is 1.20 bits per heavy atom. The molecule has 3 aromatic rings. The number of ether oxygens (including phenoxy) is 1. The molecule has 0 fully saturated rings. The number of anilines is 1. The van der Waals surface area contributed by atoms with Crippen molar-refractivity contribution in [2.45, 2.75) is 29.3 Å². The van der Waals surface area contributed by atoms with Crippen LogP contribution in [0.2, 0.25) is 0 Å². The molecule has 1 aliphatic rings. The molecule has 0 unspecified atom stereocenters. The number of allylic oxidation sites excluding steroid dienone is 1. The first kappa shape index (κ1) is 24.1. The van der Waals surface area contributed by atoms with Crippen LogP contribution in [-0.2, 0) is 22.0 Å².